The minimum absolute atomic E-state index is 0.128. The smallest absolute Gasteiger partial charge is 0.109 e. The standard InChI is InChI=1S/C13H29NO2/c1-6-8-10-15-12(3)14(5)13(4)16-11-9-7-2/h12-13H,6-11H2,1-5H3. The van der Waals surface area contributed by atoms with E-state index in [1.165, 1.54) is 12.8 Å². The highest BCUT2D eigenvalue weighted by atomic mass is 16.5. The quantitative estimate of drug-likeness (QED) is 0.425. The number of unbranched alkanes of at least 4 members (excludes halogenated alkanes) is 2. The summed E-state index contributed by atoms with van der Waals surface area (Å²) in [4.78, 5) is 2.13. The minimum Gasteiger partial charge on any atom is -0.363 e. The molecule has 0 saturated heterocycles. The fourth-order valence-electron chi connectivity index (χ4n) is 1.33. The van der Waals surface area contributed by atoms with Crippen molar-refractivity contribution in [1.82, 2.24) is 4.90 Å². The van der Waals surface area contributed by atoms with Gasteiger partial charge in [-0.1, -0.05) is 26.7 Å². The zero-order valence-corrected chi connectivity index (χ0v) is 11.7. The van der Waals surface area contributed by atoms with Crippen LogP contribution in [-0.2, 0) is 9.47 Å². The van der Waals surface area contributed by atoms with Crippen LogP contribution in [0.1, 0.15) is 53.4 Å². The van der Waals surface area contributed by atoms with Crippen LogP contribution in [0.15, 0.2) is 0 Å². The molecule has 0 aliphatic heterocycles. The van der Waals surface area contributed by atoms with Gasteiger partial charge in [0.2, 0.25) is 0 Å². The van der Waals surface area contributed by atoms with Gasteiger partial charge >= 0.3 is 0 Å². The number of hydrogen-bond donors (Lipinski definition) is 0. The molecule has 3 heteroatoms. The molecule has 98 valence electrons. The zero-order chi connectivity index (χ0) is 12.4. The first kappa shape index (κ1) is 15.9. The van der Waals surface area contributed by atoms with Crippen molar-refractivity contribution >= 4 is 0 Å². The van der Waals surface area contributed by atoms with Gasteiger partial charge in [-0.25, -0.2) is 0 Å². The number of ether oxygens (including phenoxy) is 2. The summed E-state index contributed by atoms with van der Waals surface area (Å²) < 4.78 is 11.4. The van der Waals surface area contributed by atoms with Gasteiger partial charge in [0.1, 0.15) is 12.5 Å². The second-order valence-corrected chi connectivity index (χ2v) is 4.31. The lowest BCUT2D eigenvalue weighted by Gasteiger charge is -2.30. The van der Waals surface area contributed by atoms with Crippen molar-refractivity contribution < 1.29 is 9.47 Å². The molecule has 0 aromatic carbocycles. The zero-order valence-electron chi connectivity index (χ0n) is 11.7. The van der Waals surface area contributed by atoms with Crippen molar-refractivity contribution in [3.8, 4) is 0 Å². The summed E-state index contributed by atoms with van der Waals surface area (Å²) in [5, 5.41) is 0. The van der Waals surface area contributed by atoms with Crippen LogP contribution in [0.25, 0.3) is 0 Å². The van der Waals surface area contributed by atoms with E-state index < -0.39 is 0 Å². The summed E-state index contributed by atoms with van der Waals surface area (Å²) in [5.41, 5.74) is 0. The van der Waals surface area contributed by atoms with Crippen molar-refractivity contribution in [1.29, 1.82) is 0 Å². The van der Waals surface area contributed by atoms with Gasteiger partial charge < -0.3 is 9.47 Å². The van der Waals surface area contributed by atoms with Crippen LogP contribution in [-0.4, -0.2) is 37.6 Å². The van der Waals surface area contributed by atoms with Crippen LogP contribution in [0.5, 0.6) is 0 Å². The van der Waals surface area contributed by atoms with Crippen LogP contribution < -0.4 is 0 Å². The third-order valence-electron chi connectivity index (χ3n) is 2.86. The van der Waals surface area contributed by atoms with E-state index in [2.05, 4.69) is 32.6 Å². The predicted molar refractivity (Wildman–Crippen MR) is 68.4 cm³/mol. The molecule has 2 unspecified atom stereocenters. The summed E-state index contributed by atoms with van der Waals surface area (Å²) >= 11 is 0. The molecule has 0 rings (SSSR count). The van der Waals surface area contributed by atoms with E-state index in [0.717, 1.165) is 26.1 Å². The topological polar surface area (TPSA) is 21.7 Å². The van der Waals surface area contributed by atoms with E-state index in [0.29, 0.717) is 0 Å². The first-order valence-electron chi connectivity index (χ1n) is 6.58. The Morgan fingerprint density at radius 3 is 1.56 bits per heavy atom. The average Bonchev–Trinajstić information content (AvgIpc) is 2.28. The van der Waals surface area contributed by atoms with Gasteiger partial charge in [0, 0.05) is 13.2 Å². The summed E-state index contributed by atoms with van der Waals surface area (Å²) in [6.07, 6.45) is 4.87. The van der Waals surface area contributed by atoms with Gasteiger partial charge in [-0.15, -0.1) is 0 Å². The number of nitrogens with zero attached hydrogens (tertiary/aromatic N) is 1. The maximum atomic E-state index is 5.72. The molecule has 0 N–H and O–H groups in total. The Bertz CT molecular complexity index is 137. The lowest BCUT2D eigenvalue weighted by atomic mass is 10.3. The van der Waals surface area contributed by atoms with Crippen LogP contribution >= 0.6 is 0 Å². The fourth-order valence-corrected chi connectivity index (χ4v) is 1.33. The Morgan fingerprint density at radius 2 is 1.25 bits per heavy atom. The van der Waals surface area contributed by atoms with E-state index in [4.69, 9.17) is 9.47 Å². The maximum absolute atomic E-state index is 5.72. The molecule has 0 aliphatic rings. The van der Waals surface area contributed by atoms with E-state index in [1.54, 1.807) is 0 Å². The Hall–Kier alpha value is -0.120. The Labute approximate surface area is 101 Å². The number of rotatable bonds is 10. The highest BCUT2D eigenvalue weighted by Gasteiger charge is 2.15. The Balaban J connectivity index is 3.68. The molecule has 0 saturated carbocycles. The van der Waals surface area contributed by atoms with E-state index in [-0.39, 0.29) is 12.5 Å². The second kappa shape index (κ2) is 10.1. The van der Waals surface area contributed by atoms with Crippen molar-refractivity contribution in [2.24, 2.45) is 0 Å². The highest BCUT2D eigenvalue weighted by molar-refractivity contribution is 4.55. The van der Waals surface area contributed by atoms with Crippen molar-refractivity contribution in [2.75, 3.05) is 20.3 Å². The van der Waals surface area contributed by atoms with E-state index in [9.17, 15) is 0 Å². The SMILES string of the molecule is CCCCOC(C)N(C)C(C)OCCCC. The molecule has 0 aromatic heterocycles. The fraction of sp³-hybridized carbons (Fsp3) is 1.00. The predicted octanol–water partition coefficient (Wildman–Crippen LogP) is 3.24. The van der Waals surface area contributed by atoms with Crippen molar-refractivity contribution in [2.45, 2.75) is 65.8 Å². The number of hydrogen-bond acceptors (Lipinski definition) is 3. The van der Waals surface area contributed by atoms with Gasteiger partial charge in [-0.2, -0.15) is 0 Å². The molecule has 3 nitrogen and oxygen atoms in total. The van der Waals surface area contributed by atoms with Crippen LogP contribution in [0.3, 0.4) is 0 Å². The van der Waals surface area contributed by atoms with E-state index in [1.807, 2.05) is 7.05 Å². The van der Waals surface area contributed by atoms with Crippen molar-refractivity contribution in [3.05, 3.63) is 0 Å². The second-order valence-electron chi connectivity index (χ2n) is 4.31. The van der Waals surface area contributed by atoms with E-state index >= 15 is 0 Å². The molecule has 0 aromatic rings. The lowest BCUT2D eigenvalue weighted by molar-refractivity contribution is -0.128. The van der Waals surface area contributed by atoms with Crippen LogP contribution in [0, 0.1) is 0 Å². The first-order chi connectivity index (χ1) is 7.63. The molecule has 0 aliphatic carbocycles. The molecule has 2 atom stereocenters. The minimum atomic E-state index is 0.128. The summed E-state index contributed by atoms with van der Waals surface area (Å²) in [5.74, 6) is 0. The molecule has 0 heterocycles. The molecule has 0 amide bonds. The molecule has 0 bridgehead atoms. The third-order valence-corrected chi connectivity index (χ3v) is 2.86. The lowest BCUT2D eigenvalue weighted by Crippen LogP contribution is -2.40. The van der Waals surface area contributed by atoms with Gasteiger partial charge in [0.25, 0.3) is 0 Å². The van der Waals surface area contributed by atoms with Crippen molar-refractivity contribution in [3.63, 3.8) is 0 Å². The molecular weight excluding hydrogens is 202 g/mol. The monoisotopic (exact) mass is 231 g/mol. The largest absolute Gasteiger partial charge is 0.363 e. The summed E-state index contributed by atoms with van der Waals surface area (Å²) in [6, 6.07) is 0. The maximum Gasteiger partial charge on any atom is 0.109 e. The summed E-state index contributed by atoms with van der Waals surface area (Å²) in [7, 11) is 2.05. The normalized spacial score (nSPS) is 15.4. The average molecular weight is 231 g/mol. The molecule has 0 radical (unpaired) electrons. The highest BCUT2D eigenvalue weighted by Crippen LogP contribution is 2.07. The third kappa shape index (κ3) is 7.20. The Morgan fingerprint density at radius 1 is 0.875 bits per heavy atom. The first-order valence-corrected chi connectivity index (χ1v) is 6.58. The molecule has 0 fully saturated rings. The Kier molecular flexibility index (Phi) is 9.99. The molecular formula is C13H29NO2. The molecule has 16 heavy (non-hydrogen) atoms. The summed E-state index contributed by atoms with van der Waals surface area (Å²) in [6.45, 7) is 10.2. The van der Waals surface area contributed by atoms with Crippen LogP contribution in [0.2, 0.25) is 0 Å². The van der Waals surface area contributed by atoms with Gasteiger partial charge in [-0.05, 0) is 33.7 Å². The van der Waals surface area contributed by atoms with Crippen LogP contribution in [0.4, 0.5) is 0 Å². The molecule has 0 spiro atoms. The van der Waals surface area contributed by atoms with Gasteiger partial charge in [0.15, 0.2) is 0 Å². The van der Waals surface area contributed by atoms with Gasteiger partial charge in [-0.3, -0.25) is 4.90 Å². The van der Waals surface area contributed by atoms with Gasteiger partial charge in [0.05, 0.1) is 0 Å².